The van der Waals surface area contributed by atoms with E-state index in [1.807, 2.05) is 65.8 Å². The van der Waals surface area contributed by atoms with E-state index in [4.69, 9.17) is 4.42 Å². The molecule has 3 rings (SSSR count). The van der Waals surface area contributed by atoms with Crippen molar-refractivity contribution < 1.29 is 9.21 Å². The summed E-state index contributed by atoms with van der Waals surface area (Å²) in [6.07, 6.45) is 1.61. The number of para-hydroxylation sites is 1. The minimum absolute atomic E-state index is 0.0946. The van der Waals surface area contributed by atoms with Gasteiger partial charge in [-0.2, -0.15) is 0 Å². The molecule has 0 aliphatic heterocycles. The quantitative estimate of drug-likeness (QED) is 0.606. The third-order valence-electron chi connectivity index (χ3n) is 3.83. The van der Waals surface area contributed by atoms with Gasteiger partial charge in [-0.15, -0.1) is 10.2 Å². The van der Waals surface area contributed by atoms with E-state index in [0.717, 1.165) is 5.69 Å². The summed E-state index contributed by atoms with van der Waals surface area (Å²) in [5, 5.41) is 9.21. The molecule has 1 amide bonds. The van der Waals surface area contributed by atoms with Gasteiger partial charge in [0.05, 0.1) is 12.0 Å². The molecule has 130 valence electrons. The van der Waals surface area contributed by atoms with Crippen molar-refractivity contribution in [3.05, 3.63) is 48.7 Å². The first kappa shape index (κ1) is 17.3. The van der Waals surface area contributed by atoms with E-state index in [-0.39, 0.29) is 5.91 Å². The first-order chi connectivity index (χ1) is 12.2. The third kappa shape index (κ3) is 3.76. The molecule has 3 aromatic rings. The summed E-state index contributed by atoms with van der Waals surface area (Å²) in [5.41, 5.74) is 0.927. The Morgan fingerprint density at radius 1 is 1.12 bits per heavy atom. The van der Waals surface area contributed by atoms with E-state index in [0.29, 0.717) is 35.6 Å². The summed E-state index contributed by atoms with van der Waals surface area (Å²) in [6, 6.07) is 13.5. The highest BCUT2D eigenvalue weighted by Gasteiger charge is 2.19. The van der Waals surface area contributed by atoms with Gasteiger partial charge in [0, 0.05) is 18.8 Å². The Hall–Kier alpha value is -2.54. The molecule has 0 unspecified atom stereocenters. The Morgan fingerprint density at radius 3 is 2.52 bits per heavy atom. The lowest BCUT2D eigenvalue weighted by atomic mass is 10.3. The molecule has 0 radical (unpaired) electrons. The Labute approximate surface area is 150 Å². The smallest absolute Gasteiger partial charge is 0.233 e. The summed E-state index contributed by atoms with van der Waals surface area (Å²) in [7, 11) is 0. The summed E-state index contributed by atoms with van der Waals surface area (Å²) in [5.74, 6) is 1.68. The van der Waals surface area contributed by atoms with Crippen molar-refractivity contribution in [1.29, 1.82) is 0 Å². The standard InChI is InChI=1S/C18H20N4O2S/c1-3-21(4-2)16(23)13-25-18-20-19-17(15-11-8-12-24-15)22(18)14-9-6-5-7-10-14/h5-12H,3-4,13H2,1-2H3. The summed E-state index contributed by atoms with van der Waals surface area (Å²) in [4.78, 5) is 14.1. The van der Waals surface area contributed by atoms with E-state index < -0.39 is 0 Å². The highest BCUT2D eigenvalue weighted by molar-refractivity contribution is 7.99. The SMILES string of the molecule is CCN(CC)C(=O)CSc1nnc(-c2ccco2)n1-c1ccccc1. The van der Waals surface area contributed by atoms with Crippen LogP contribution in [0.2, 0.25) is 0 Å². The predicted molar refractivity (Wildman–Crippen MR) is 97.7 cm³/mol. The van der Waals surface area contributed by atoms with Crippen LogP contribution in [0.3, 0.4) is 0 Å². The van der Waals surface area contributed by atoms with Crippen LogP contribution in [0.5, 0.6) is 0 Å². The molecule has 0 bridgehead atoms. The van der Waals surface area contributed by atoms with E-state index >= 15 is 0 Å². The van der Waals surface area contributed by atoms with Gasteiger partial charge in [0.15, 0.2) is 10.9 Å². The van der Waals surface area contributed by atoms with E-state index in [9.17, 15) is 4.79 Å². The minimum Gasteiger partial charge on any atom is -0.461 e. The molecule has 1 aromatic carbocycles. The number of nitrogens with zero attached hydrogens (tertiary/aromatic N) is 4. The molecule has 0 aliphatic carbocycles. The summed E-state index contributed by atoms with van der Waals surface area (Å²) >= 11 is 1.38. The lowest BCUT2D eigenvalue weighted by molar-refractivity contribution is -0.127. The number of aromatic nitrogens is 3. The second-order valence-electron chi connectivity index (χ2n) is 5.31. The van der Waals surface area contributed by atoms with Crippen molar-refractivity contribution >= 4 is 17.7 Å². The van der Waals surface area contributed by atoms with Gasteiger partial charge in [-0.1, -0.05) is 30.0 Å². The molecule has 0 saturated heterocycles. The van der Waals surface area contributed by atoms with Crippen molar-refractivity contribution in [2.24, 2.45) is 0 Å². The monoisotopic (exact) mass is 356 g/mol. The molecule has 0 N–H and O–H groups in total. The fourth-order valence-electron chi connectivity index (χ4n) is 2.53. The highest BCUT2D eigenvalue weighted by atomic mass is 32.2. The van der Waals surface area contributed by atoms with Crippen molar-refractivity contribution in [3.63, 3.8) is 0 Å². The molecule has 0 fully saturated rings. The molecule has 6 nitrogen and oxygen atoms in total. The van der Waals surface area contributed by atoms with Crippen molar-refractivity contribution in [2.75, 3.05) is 18.8 Å². The molecule has 0 atom stereocenters. The zero-order valence-corrected chi connectivity index (χ0v) is 15.1. The fourth-order valence-corrected chi connectivity index (χ4v) is 3.39. The zero-order valence-electron chi connectivity index (χ0n) is 14.3. The van der Waals surface area contributed by atoms with E-state index in [1.165, 1.54) is 11.8 Å². The number of furan rings is 1. The Bertz CT molecular complexity index is 811. The van der Waals surface area contributed by atoms with Gasteiger partial charge in [0.1, 0.15) is 0 Å². The highest BCUT2D eigenvalue weighted by Crippen LogP contribution is 2.28. The zero-order chi connectivity index (χ0) is 17.6. The van der Waals surface area contributed by atoms with Crippen LogP contribution in [0.4, 0.5) is 0 Å². The largest absolute Gasteiger partial charge is 0.461 e. The number of carbonyl (C=O) groups is 1. The molecule has 0 aliphatic rings. The van der Waals surface area contributed by atoms with Gasteiger partial charge in [-0.3, -0.25) is 9.36 Å². The van der Waals surface area contributed by atoms with Crippen LogP contribution >= 0.6 is 11.8 Å². The van der Waals surface area contributed by atoms with Crippen LogP contribution < -0.4 is 0 Å². The second kappa shape index (κ2) is 8.02. The topological polar surface area (TPSA) is 64.2 Å². The Balaban J connectivity index is 1.91. The van der Waals surface area contributed by atoms with Gasteiger partial charge < -0.3 is 9.32 Å². The average molecular weight is 356 g/mol. The van der Waals surface area contributed by atoms with Crippen LogP contribution in [0, 0.1) is 0 Å². The molecule has 7 heteroatoms. The van der Waals surface area contributed by atoms with Crippen LogP contribution in [-0.4, -0.2) is 44.4 Å². The molecule has 0 spiro atoms. The molecular formula is C18H20N4O2S. The van der Waals surface area contributed by atoms with Crippen LogP contribution in [-0.2, 0) is 4.79 Å². The third-order valence-corrected chi connectivity index (χ3v) is 4.74. The normalized spacial score (nSPS) is 10.8. The van der Waals surface area contributed by atoms with Gasteiger partial charge in [-0.05, 0) is 38.1 Å². The van der Waals surface area contributed by atoms with Crippen LogP contribution in [0.1, 0.15) is 13.8 Å². The molecule has 2 heterocycles. The second-order valence-corrected chi connectivity index (χ2v) is 6.25. The maximum atomic E-state index is 12.3. The van der Waals surface area contributed by atoms with Crippen LogP contribution in [0.25, 0.3) is 17.3 Å². The minimum atomic E-state index is 0.0946. The molecule has 25 heavy (non-hydrogen) atoms. The summed E-state index contributed by atoms with van der Waals surface area (Å²) < 4.78 is 7.40. The number of amides is 1. The van der Waals surface area contributed by atoms with Crippen molar-refractivity contribution in [1.82, 2.24) is 19.7 Å². The first-order valence-electron chi connectivity index (χ1n) is 8.19. The lowest BCUT2D eigenvalue weighted by Crippen LogP contribution is -2.31. The van der Waals surface area contributed by atoms with Gasteiger partial charge in [0.25, 0.3) is 0 Å². The number of rotatable bonds is 7. The van der Waals surface area contributed by atoms with Crippen LogP contribution in [0.15, 0.2) is 58.3 Å². The maximum Gasteiger partial charge on any atom is 0.233 e. The first-order valence-corrected chi connectivity index (χ1v) is 9.18. The number of benzene rings is 1. The molecule has 0 saturated carbocycles. The average Bonchev–Trinajstić information content (AvgIpc) is 3.31. The fraction of sp³-hybridized carbons (Fsp3) is 0.278. The predicted octanol–water partition coefficient (Wildman–Crippen LogP) is 3.49. The van der Waals surface area contributed by atoms with E-state index in [2.05, 4.69) is 10.2 Å². The van der Waals surface area contributed by atoms with Crippen molar-refractivity contribution in [3.8, 4) is 17.3 Å². The van der Waals surface area contributed by atoms with Gasteiger partial charge in [-0.25, -0.2) is 0 Å². The number of carbonyl (C=O) groups excluding carboxylic acids is 1. The maximum absolute atomic E-state index is 12.3. The molecule has 2 aromatic heterocycles. The Morgan fingerprint density at radius 2 is 1.88 bits per heavy atom. The van der Waals surface area contributed by atoms with Crippen molar-refractivity contribution in [2.45, 2.75) is 19.0 Å². The lowest BCUT2D eigenvalue weighted by Gasteiger charge is -2.18. The number of thioether (sulfide) groups is 1. The van der Waals surface area contributed by atoms with E-state index in [1.54, 1.807) is 6.26 Å². The number of hydrogen-bond donors (Lipinski definition) is 0. The summed E-state index contributed by atoms with van der Waals surface area (Å²) in [6.45, 7) is 5.37. The van der Waals surface area contributed by atoms with Gasteiger partial charge in [0.2, 0.25) is 11.7 Å². The van der Waals surface area contributed by atoms with Gasteiger partial charge >= 0.3 is 0 Å². The Kier molecular flexibility index (Phi) is 5.55. The molecular weight excluding hydrogens is 336 g/mol. The number of hydrogen-bond acceptors (Lipinski definition) is 5.